The maximum Gasteiger partial charge on any atom is 0.0696 e. The molecule has 1 atom stereocenters. The molecule has 0 aliphatic rings. The zero-order valence-electron chi connectivity index (χ0n) is 9.95. The van der Waals surface area contributed by atoms with Crippen LogP contribution in [0.5, 0.6) is 0 Å². The Morgan fingerprint density at radius 1 is 1.60 bits per heavy atom. The first-order valence-corrected chi connectivity index (χ1v) is 5.15. The number of aryl methyl sites for hydroxylation is 2. The first-order valence-electron chi connectivity index (χ1n) is 5.15. The Balaban J connectivity index is 2.63. The van der Waals surface area contributed by atoms with Crippen LogP contribution in [0.15, 0.2) is 6.07 Å². The zero-order valence-corrected chi connectivity index (χ0v) is 9.95. The lowest BCUT2D eigenvalue weighted by atomic mass is 9.96. The van der Waals surface area contributed by atoms with Gasteiger partial charge in [0.05, 0.1) is 11.3 Å². The van der Waals surface area contributed by atoms with Crippen LogP contribution in [0.2, 0.25) is 0 Å². The van der Waals surface area contributed by atoms with Gasteiger partial charge in [0.1, 0.15) is 0 Å². The molecule has 1 N–H and O–H groups in total. The van der Waals surface area contributed by atoms with Crippen LogP contribution in [0.1, 0.15) is 24.7 Å². The Morgan fingerprint density at radius 2 is 2.27 bits per heavy atom. The van der Waals surface area contributed by atoms with E-state index in [-0.39, 0.29) is 0 Å². The molecule has 1 heterocycles. The molecule has 15 heavy (non-hydrogen) atoms. The average molecular weight is 212 g/mol. The van der Waals surface area contributed by atoms with Gasteiger partial charge in [-0.2, -0.15) is 5.10 Å². The Kier molecular flexibility index (Phi) is 3.88. The van der Waals surface area contributed by atoms with Gasteiger partial charge in [-0.25, -0.2) is 0 Å². The van der Waals surface area contributed by atoms with Crippen molar-refractivity contribution in [2.75, 3.05) is 13.7 Å². The fourth-order valence-corrected chi connectivity index (χ4v) is 1.63. The van der Waals surface area contributed by atoms with Crippen LogP contribution >= 0.6 is 0 Å². The zero-order chi connectivity index (χ0) is 11.5. The Labute approximate surface area is 90.9 Å². The van der Waals surface area contributed by atoms with Crippen molar-refractivity contribution >= 4 is 0 Å². The van der Waals surface area contributed by atoms with Crippen LogP contribution in [0.3, 0.4) is 0 Å². The largest absolute Gasteiger partial charge is 0.390 e. The van der Waals surface area contributed by atoms with Gasteiger partial charge in [-0.05, 0) is 26.3 Å². The molecule has 4 heteroatoms. The minimum absolute atomic E-state index is 0.573. The quantitative estimate of drug-likeness (QED) is 0.794. The molecule has 1 rings (SSSR count). The lowest BCUT2D eigenvalue weighted by Crippen LogP contribution is -2.29. The summed E-state index contributed by atoms with van der Waals surface area (Å²) in [7, 11) is 3.54. The summed E-state index contributed by atoms with van der Waals surface area (Å²) in [5, 5.41) is 14.4. The summed E-state index contributed by atoms with van der Waals surface area (Å²) < 4.78 is 6.78. The van der Waals surface area contributed by atoms with Crippen LogP contribution in [-0.4, -0.2) is 34.2 Å². The van der Waals surface area contributed by atoms with Gasteiger partial charge in [0.15, 0.2) is 0 Å². The molecule has 0 spiro atoms. The lowest BCUT2D eigenvalue weighted by Gasteiger charge is -2.22. The Morgan fingerprint density at radius 3 is 2.73 bits per heavy atom. The molecule has 86 valence electrons. The van der Waals surface area contributed by atoms with E-state index in [1.54, 1.807) is 7.11 Å². The van der Waals surface area contributed by atoms with Gasteiger partial charge in [0.2, 0.25) is 0 Å². The molecule has 0 aliphatic carbocycles. The van der Waals surface area contributed by atoms with Crippen molar-refractivity contribution in [3.8, 4) is 0 Å². The number of rotatable bonds is 5. The van der Waals surface area contributed by atoms with Crippen LogP contribution in [0.25, 0.3) is 0 Å². The smallest absolute Gasteiger partial charge is 0.0696 e. The molecule has 0 radical (unpaired) electrons. The number of aliphatic hydroxyl groups is 1. The predicted octanol–water partition coefficient (Wildman–Crippen LogP) is 1.06. The second kappa shape index (κ2) is 4.77. The Bertz CT molecular complexity index is 318. The van der Waals surface area contributed by atoms with Gasteiger partial charge < -0.3 is 9.84 Å². The summed E-state index contributed by atoms with van der Waals surface area (Å²) in [4.78, 5) is 0. The van der Waals surface area contributed by atoms with E-state index in [1.165, 1.54) is 0 Å². The third-order valence-electron chi connectivity index (χ3n) is 2.51. The topological polar surface area (TPSA) is 47.3 Å². The molecule has 1 aromatic heterocycles. The monoisotopic (exact) mass is 212 g/mol. The van der Waals surface area contributed by atoms with Gasteiger partial charge in [-0.15, -0.1) is 0 Å². The molecule has 4 nitrogen and oxygen atoms in total. The predicted molar refractivity (Wildman–Crippen MR) is 58.8 cm³/mol. The van der Waals surface area contributed by atoms with Crippen molar-refractivity contribution in [3.05, 3.63) is 17.5 Å². The van der Waals surface area contributed by atoms with E-state index < -0.39 is 5.60 Å². The van der Waals surface area contributed by atoms with Gasteiger partial charge in [-0.1, -0.05) is 0 Å². The Hall–Kier alpha value is -0.870. The molecule has 0 amide bonds. The first-order chi connectivity index (χ1) is 6.94. The molecule has 1 unspecified atom stereocenters. The van der Waals surface area contributed by atoms with Gasteiger partial charge in [-0.3, -0.25) is 4.68 Å². The molecule has 0 saturated heterocycles. The number of ether oxygens (including phenoxy) is 1. The molecule has 0 saturated carbocycles. The third kappa shape index (κ3) is 3.64. The van der Waals surface area contributed by atoms with Crippen molar-refractivity contribution < 1.29 is 9.84 Å². The van der Waals surface area contributed by atoms with E-state index in [0.29, 0.717) is 19.4 Å². The average Bonchev–Trinajstić information content (AvgIpc) is 2.41. The van der Waals surface area contributed by atoms with E-state index in [0.717, 1.165) is 11.4 Å². The summed E-state index contributed by atoms with van der Waals surface area (Å²) in [5.41, 5.74) is 1.31. The highest BCUT2D eigenvalue weighted by Crippen LogP contribution is 2.17. The molecule has 0 aliphatic heterocycles. The highest BCUT2D eigenvalue weighted by molar-refractivity contribution is 5.11. The minimum Gasteiger partial charge on any atom is -0.390 e. The van der Waals surface area contributed by atoms with Gasteiger partial charge in [0, 0.05) is 32.9 Å². The second-order valence-electron chi connectivity index (χ2n) is 4.32. The fraction of sp³-hybridized carbons (Fsp3) is 0.727. The first kappa shape index (κ1) is 12.2. The van der Waals surface area contributed by atoms with E-state index in [2.05, 4.69) is 5.10 Å². The van der Waals surface area contributed by atoms with Crippen LogP contribution < -0.4 is 0 Å². The fourth-order valence-electron chi connectivity index (χ4n) is 1.63. The maximum absolute atomic E-state index is 10.1. The van der Waals surface area contributed by atoms with Crippen molar-refractivity contribution in [2.24, 2.45) is 7.05 Å². The summed E-state index contributed by atoms with van der Waals surface area (Å²) in [6.07, 6.45) is 1.24. The normalized spacial score (nSPS) is 15.3. The maximum atomic E-state index is 10.1. The number of hydrogen-bond acceptors (Lipinski definition) is 3. The number of nitrogens with zero attached hydrogens (tertiary/aromatic N) is 2. The highest BCUT2D eigenvalue weighted by atomic mass is 16.5. The summed E-state index contributed by atoms with van der Waals surface area (Å²) in [5.74, 6) is 0. The number of methoxy groups -OCH3 is 1. The third-order valence-corrected chi connectivity index (χ3v) is 2.51. The molecule has 1 aromatic rings. The van der Waals surface area contributed by atoms with Crippen LogP contribution in [0, 0.1) is 6.92 Å². The highest BCUT2D eigenvalue weighted by Gasteiger charge is 2.22. The summed E-state index contributed by atoms with van der Waals surface area (Å²) in [6.45, 7) is 4.35. The van der Waals surface area contributed by atoms with Crippen molar-refractivity contribution in [1.82, 2.24) is 9.78 Å². The second-order valence-corrected chi connectivity index (χ2v) is 4.32. The van der Waals surface area contributed by atoms with Gasteiger partial charge >= 0.3 is 0 Å². The van der Waals surface area contributed by atoms with Crippen LogP contribution in [-0.2, 0) is 18.2 Å². The lowest BCUT2D eigenvalue weighted by molar-refractivity contribution is 0.0235. The molecule has 0 fully saturated rings. The van der Waals surface area contributed by atoms with Crippen molar-refractivity contribution in [1.29, 1.82) is 0 Å². The molecular formula is C11H20N2O2. The summed E-state index contributed by atoms with van der Waals surface area (Å²) in [6, 6.07) is 2.00. The minimum atomic E-state index is -0.726. The SMILES string of the molecule is COCCC(C)(O)Cc1cc(C)nn1C. The molecule has 0 bridgehead atoms. The number of aromatic nitrogens is 2. The standard InChI is InChI=1S/C11H20N2O2/c1-9-7-10(13(3)12-9)8-11(2,14)5-6-15-4/h7,14H,5-6,8H2,1-4H3. The van der Waals surface area contributed by atoms with E-state index in [4.69, 9.17) is 4.74 Å². The molecule has 0 aromatic carbocycles. The van der Waals surface area contributed by atoms with Crippen molar-refractivity contribution in [3.63, 3.8) is 0 Å². The van der Waals surface area contributed by atoms with E-state index >= 15 is 0 Å². The van der Waals surface area contributed by atoms with Gasteiger partial charge in [0.25, 0.3) is 0 Å². The summed E-state index contributed by atoms with van der Waals surface area (Å²) >= 11 is 0. The van der Waals surface area contributed by atoms with Crippen LogP contribution in [0.4, 0.5) is 0 Å². The molecular weight excluding hydrogens is 192 g/mol. The number of hydrogen-bond donors (Lipinski definition) is 1. The van der Waals surface area contributed by atoms with E-state index in [9.17, 15) is 5.11 Å². The van der Waals surface area contributed by atoms with E-state index in [1.807, 2.05) is 31.6 Å². The van der Waals surface area contributed by atoms with Crippen molar-refractivity contribution in [2.45, 2.75) is 32.3 Å².